The van der Waals surface area contributed by atoms with Crippen molar-refractivity contribution in [2.45, 2.75) is 57.3 Å². The van der Waals surface area contributed by atoms with Gasteiger partial charge in [0.25, 0.3) is 0 Å². The fourth-order valence-electron chi connectivity index (χ4n) is 3.47. The van der Waals surface area contributed by atoms with Gasteiger partial charge in [-0.1, -0.05) is 24.3 Å². The third-order valence-corrected chi connectivity index (χ3v) is 4.45. The Morgan fingerprint density at radius 2 is 2.22 bits per heavy atom. The highest BCUT2D eigenvalue weighted by Crippen LogP contribution is 2.28. The van der Waals surface area contributed by atoms with Crippen molar-refractivity contribution in [2.75, 3.05) is 6.61 Å². The number of nitrogens with one attached hydrogen (secondary N) is 2. The van der Waals surface area contributed by atoms with Crippen molar-refractivity contribution in [2.24, 2.45) is 5.92 Å². The van der Waals surface area contributed by atoms with Crippen LogP contribution in [0.3, 0.4) is 0 Å². The second-order valence-electron chi connectivity index (χ2n) is 6.16. The first kappa shape index (κ1) is 17.7. The molecule has 0 aliphatic carbocycles. The van der Waals surface area contributed by atoms with Gasteiger partial charge in [0.1, 0.15) is 6.04 Å². The van der Waals surface area contributed by atoms with E-state index in [1.807, 2.05) is 25.2 Å². The summed E-state index contributed by atoms with van der Waals surface area (Å²) < 4.78 is 5.89. The molecule has 0 saturated carbocycles. The van der Waals surface area contributed by atoms with Crippen molar-refractivity contribution < 1.29 is 19.4 Å². The lowest BCUT2D eigenvalue weighted by molar-refractivity contribution is -0.139. The average molecular weight is 322 g/mol. The predicted molar refractivity (Wildman–Crippen MR) is 87.0 cm³/mol. The summed E-state index contributed by atoms with van der Waals surface area (Å²) in [4.78, 5) is 23.0. The maximum atomic E-state index is 11.7. The maximum absolute atomic E-state index is 11.7. The molecule has 0 radical (unpaired) electrons. The third kappa shape index (κ3) is 4.65. The molecule has 1 amide bonds. The van der Waals surface area contributed by atoms with Crippen molar-refractivity contribution >= 4 is 11.9 Å². The lowest BCUT2D eigenvalue weighted by Gasteiger charge is -2.34. The van der Waals surface area contributed by atoms with Gasteiger partial charge >= 0.3 is 5.97 Å². The van der Waals surface area contributed by atoms with Gasteiger partial charge in [0.2, 0.25) is 5.91 Å². The standard InChI is InChI=1S/C17H26N2O4/c1-3-7-12-10-13(17(21)22)19-15(12)16(18-11(2)20)14-8-5-4-6-9-23-14/h3-4,6-7,12-16,19H,5,8-10H2,1-2H3,(H,18,20)(H,21,22)/b7-3-/t12-,13-,14+,15-,16+/m1/s1. The van der Waals surface area contributed by atoms with Crippen LogP contribution in [0.25, 0.3) is 0 Å². The zero-order chi connectivity index (χ0) is 16.8. The van der Waals surface area contributed by atoms with Crippen molar-refractivity contribution in [3.05, 3.63) is 24.3 Å². The maximum Gasteiger partial charge on any atom is 0.320 e. The van der Waals surface area contributed by atoms with Crippen molar-refractivity contribution in [3.8, 4) is 0 Å². The molecule has 0 unspecified atom stereocenters. The van der Waals surface area contributed by atoms with Crippen LogP contribution in [0.1, 0.15) is 33.1 Å². The van der Waals surface area contributed by atoms with E-state index in [1.165, 1.54) is 6.92 Å². The Hall–Kier alpha value is -1.66. The predicted octanol–water partition coefficient (Wildman–Crippen LogP) is 1.23. The first-order valence-corrected chi connectivity index (χ1v) is 8.18. The molecule has 2 aliphatic heterocycles. The van der Waals surface area contributed by atoms with Crippen LogP contribution >= 0.6 is 0 Å². The van der Waals surface area contributed by atoms with E-state index in [1.54, 1.807) is 0 Å². The summed E-state index contributed by atoms with van der Waals surface area (Å²) in [5, 5.41) is 15.5. The summed E-state index contributed by atoms with van der Waals surface area (Å²) in [6.45, 7) is 3.92. The molecule has 1 saturated heterocycles. The molecule has 0 aromatic heterocycles. The molecule has 5 atom stereocenters. The highest BCUT2D eigenvalue weighted by molar-refractivity contribution is 5.75. The number of ether oxygens (including phenoxy) is 1. The lowest BCUT2D eigenvalue weighted by Crippen LogP contribution is -2.57. The number of hydrogen-bond donors (Lipinski definition) is 3. The second-order valence-corrected chi connectivity index (χ2v) is 6.16. The minimum absolute atomic E-state index is 0.0535. The van der Waals surface area contributed by atoms with Gasteiger partial charge in [-0.05, 0) is 32.1 Å². The van der Waals surface area contributed by atoms with Gasteiger partial charge in [-0.2, -0.15) is 0 Å². The molecule has 2 heterocycles. The minimum Gasteiger partial charge on any atom is -0.480 e. The summed E-state index contributed by atoms with van der Waals surface area (Å²) in [5.74, 6) is -0.930. The number of aliphatic carboxylic acids is 1. The molecule has 0 bridgehead atoms. The lowest BCUT2D eigenvalue weighted by atomic mass is 9.88. The van der Waals surface area contributed by atoms with E-state index in [0.717, 1.165) is 12.8 Å². The van der Waals surface area contributed by atoms with E-state index in [9.17, 15) is 14.7 Å². The number of allylic oxidation sites excluding steroid dienone is 2. The first-order chi connectivity index (χ1) is 11.0. The summed E-state index contributed by atoms with van der Waals surface area (Å²) in [5.41, 5.74) is 0. The Bertz CT molecular complexity index is 479. The molecule has 128 valence electrons. The van der Waals surface area contributed by atoms with Crippen molar-refractivity contribution in [3.63, 3.8) is 0 Å². The van der Waals surface area contributed by atoms with Crippen LogP contribution in [-0.4, -0.2) is 47.8 Å². The van der Waals surface area contributed by atoms with E-state index in [4.69, 9.17) is 4.74 Å². The normalized spacial score (nSPS) is 32.6. The summed E-state index contributed by atoms with van der Waals surface area (Å²) in [6, 6.07) is -1.00. The Morgan fingerprint density at radius 3 is 2.87 bits per heavy atom. The molecule has 1 fully saturated rings. The van der Waals surface area contributed by atoms with E-state index >= 15 is 0 Å². The highest BCUT2D eigenvalue weighted by atomic mass is 16.5. The van der Waals surface area contributed by atoms with Gasteiger partial charge in [0.05, 0.1) is 18.8 Å². The van der Waals surface area contributed by atoms with Crippen LogP contribution in [-0.2, 0) is 14.3 Å². The zero-order valence-electron chi connectivity index (χ0n) is 13.7. The molecule has 6 heteroatoms. The van der Waals surface area contributed by atoms with Gasteiger partial charge in [0.15, 0.2) is 0 Å². The van der Waals surface area contributed by atoms with Gasteiger partial charge in [-0.15, -0.1) is 0 Å². The van der Waals surface area contributed by atoms with Crippen LogP contribution in [0, 0.1) is 5.92 Å². The molecule has 0 aromatic carbocycles. The fraction of sp³-hybridized carbons (Fsp3) is 0.647. The molecule has 6 nitrogen and oxygen atoms in total. The fourth-order valence-corrected chi connectivity index (χ4v) is 3.47. The number of carboxylic acids is 1. The Kier molecular flexibility index (Phi) is 6.36. The number of carboxylic acid groups (broad SMARTS) is 1. The Labute approximate surface area is 137 Å². The monoisotopic (exact) mass is 322 g/mol. The number of carbonyl (C=O) groups excluding carboxylic acids is 1. The molecule has 0 spiro atoms. The first-order valence-electron chi connectivity index (χ1n) is 8.18. The number of hydrogen-bond acceptors (Lipinski definition) is 4. The molecule has 23 heavy (non-hydrogen) atoms. The van der Waals surface area contributed by atoms with E-state index < -0.39 is 12.0 Å². The average Bonchev–Trinajstić information content (AvgIpc) is 2.73. The molecule has 2 rings (SSSR count). The van der Waals surface area contributed by atoms with E-state index in [-0.39, 0.29) is 30.0 Å². The zero-order valence-corrected chi connectivity index (χ0v) is 13.7. The van der Waals surface area contributed by atoms with Crippen LogP contribution in [0.2, 0.25) is 0 Å². The van der Waals surface area contributed by atoms with Gasteiger partial charge < -0.3 is 15.2 Å². The molecule has 2 aliphatic rings. The SMILES string of the molecule is C/C=C\[C@@H]1C[C@H](C(=O)O)N[C@H]1[C@@H](NC(C)=O)[C@@H]1CCC=CCO1. The van der Waals surface area contributed by atoms with Gasteiger partial charge in [0, 0.05) is 13.0 Å². The third-order valence-electron chi connectivity index (χ3n) is 4.45. The summed E-state index contributed by atoms with van der Waals surface area (Å²) >= 11 is 0. The topological polar surface area (TPSA) is 87.7 Å². The van der Waals surface area contributed by atoms with Crippen LogP contribution in [0.15, 0.2) is 24.3 Å². The molecule has 0 aromatic rings. The van der Waals surface area contributed by atoms with Crippen LogP contribution in [0.5, 0.6) is 0 Å². The number of amides is 1. The quantitative estimate of drug-likeness (QED) is 0.663. The summed E-state index contributed by atoms with van der Waals surface area (Å²) in [6.07, 6.45) is 10.1. The van der Waals surface area contributed by atoms with Crippen LogP contribution in [0.4, 0.5) is 0 Å². The Balaban J connectivity index is 2.21. The summed E-state index contributed by atoms with van der Waals surface area (Å²) in [7, 11) is 0. The van der Waals surface area contributed by atoms with Crippen molar-refractivity contribution in [1.29, 1.82) is 0 Å². The molecular formula is C17H26N2O4. The largest absolute Gasteiger partial charge is 0.480 e. The molecular weight excluding hydrogens is 296 g/mol. The van der Waals surface area contributed by atoms with E-state index in [0.29, 0.717) is 13.0 Å². The highest BCUT2D eigenvalue weighted by Gasteiger charge is 2.43. The van der Waals surface area contributed by atoms with E-state index in [2.05, 4.69) is 16.7 Å². The molecule has 3 N–H and O–H groups in total. The number of rotatable bonds is 5. The second kappa shape index (κ2) is 8.26. The smallest absolute Gasteiger partial charge is 0.320 e. The number of carbonyl (C=O) groups is 2. The Morgan fingerprint density at radius 1 is 1.43 bits per heavy atom. The van der Waals surface area contributed by atoms with Gasteiger partial charge in [-0.3, -0.25) is 14.9 Å². The minimum atomic E-state index is -0.855. The van der Waals surface area contributed by atoms with Gasteiger partial charge in [-0.25, -0.2) is 0 Å². The van der Waals surface area contributed by atoms with Crippen LogP contribution < -0.4 is 10.6 Å². The van der Waals surface area contributed by atoms with Crippen molar-refractivity contribution in [1.82, 2.24) is 10.6 Å².